The average Bonchev–Trinajstić information content (AvgIpc) is 3.24. The van der Waals surface area contributed by atoms with Crippen LogP contribution in [0.3, 0.4) is 0 Å². The molecule has 10 heteroatoms. The van der Waals surface area contributed by atoms with Crippen LogP contribution < -0.4 is 10.6 Å². The Kier molecular flexibility index (Phi) is 6.60. The summed E-state index contributed by atoms with van der Waals surface area (Å²) in [6, 6.07) is 15.0. The van der Waals surface area contributed by atoms with Crippen LogP contribution in [0.25, 0.3) is 17.4 Å². The van der Waals surface area contributed by atoms with Gasteiger partial charge < -0.3 is 9.15 Å². The number of hydrogen-bond acceptors (Lipinski definition) is 6. The standard InChI is InChI=1S/C23H14Cl2N2O5S/c24-17-4-2-1-3-13(17)11-31-22(30)15-9-12(5-7-18(15)25)19-8-6-14(32-19)10-16-20(28)26-23(33)27-21(16)29/h1-10H,11H2,(H2,26,27,28,29,33). The molecule has 2 N–H and O–H groups in total. The predicted octanol–water partition coefficient (Wildman–Crippen LogP) is 4.52. The fraction of sp³-hybridized carbons (Fsp3) is 0.0435. The third kappa shape index (κ3) is 5.14. The number of ether oxygens (including phenoxy) is 1. The molecule has 0 spiro atoms. The fourth-order valence-electron chi connectivity index (χ4n) is 3.01. The molecule has 0 saturated carbocycles. The van der Waals surface area contributed by atoms with Gasteiger partial charge in [-0.3, -0.25) is 20.2 Å². The van der Waals surface area contributed by atoms with Gasteiger partial charge in [0.2, 0.25) is 0 Å². The molecule has 0 radical (unpaired) electrons. The minimum atomic E-state index is -0.628. The Labute approximate surface area is 203 Å². The number of amides is 2. The Morgan fingerprint density at radius 1 is 1.00 bits per heavy atom. The van der Waals surface area contributed by atoms with E-state index in [-0.39, 0.29) is 33.6 Å². The molecule has 166 valence electrons. The number of halogens is 2. The van der Waals surface area contributed by atoms with Gasteiger partial charge in [0.1, 0.15) is 23.7 Å². The topological polar surface area (TPSA) is 97.6 Å². The second-order valence-electron chi connectivity index (χ2n) is 6.86. The molecule has 3 aromatic rings. The molecule has 1 aliphatic rings. The number of furan rings is 1. The number of carbonyl (C=O) groups is 3. The van der Waals surface area contributed by atoms with E-state index in [4.69, 9.17) is 44.6 Å². The van der Waals surface area contributed by atoms with Crippen molar-refractivity contribution in [1.29, 1.82) is 0 Å². The van der Waals surface area contributed by atoms with E-state index in [0.29, 0.717) is 21.9 Å². The first-order chi connectivity index (χ1) is 15.8. The molecule has 33 heavy (non-hydrogen) atoms. The summed E-state index contributed by atoms with van der Waals surface area (Å²) in [5.41, 5.74) is 1.22. The smallest absolute Gasteiger partial charge is 0.340 e. The highest BCUT2D eigenvalue weighted by atomic mass is 35.5. The SMILES string of the molecule is O=C1NC(=S)NC(=O)C1=Cc1ccc(-c2ccc(Cl)c(C(=O)OCc3ccccc3Cl)c2)o1. The number of thiocarbonyl (C=S) groups is 1. The number of rotatable bonds is 5. The van der Waals surface area contributed by atoms with Crippen molar-refractivity contribution in [2.24, 2.45) is 0 Å². The van der Waals surface area contributed by atoms with E-state index >= 15 is 0 Å². The predicted molar refractivity (Wildman–Crippen MR) is 127 cm³/mol. The zero-order chi connectivity index (χ0) is 23.5. The lowest BCUT2D eigenvalue weighted by molar-refractivity contribution is -0.123. The third-order valence-electron chi connectivity index (χ3n) is 4.64. The van der Waals surface area contributed by atoms with Crippen molar-refractivity contribution in [3.05, 3.63) is 87.1 Å². The Morgan fingerprint density at radius 3 is 2.45 bits per heavy atom. The highest BCUT2D eigenvalue weighted by Crippen LogP contribution is 2.28. The van der Waals surface area contributed by atoms with E-state index in [0.717, 1.165) is 0 Å². The maximum Gasteiger partial charge on any atom is 0.340 e. The molecule has 1 saturated heterocycles. The molecule has 1 fully saturated rings. The first kappa shape index (κ1) is 22.7. The van der Waals surface area contributed by atoms with Crippen LogP contribution in [-0.2, 0) is 20.9 Å². The molecule has 4 rings (SSSR count). The molecule has 2 amide bonds. The van der Waals surface area contributed by atoms with Crippen molar-refractivity contribution in [1.82, 2.24) is 10.6 Å². The second kappa shape index (κ2) is 9.58. The van der Waals surface area contributed by atoms with Crippen molar-refractivity contribution in [2.75, 3.05) is 0 Å². The minimum Gasteiger partial charge on any atom is -0.457 e. The lowest BCUT2D eigenvalue weighted by Crippen LogP contribution is -2.51. The van der Waals surface area contributed by atoms with Gasteiger partial charge in [0.05, 0.1) is 10.6 Å². The van der Waals surface area contributed by atoms with Crippen LogP contribution in [-0.4, -0.2) is 22.9 Å². The summed E-state index contributed by atoms with van der Waals surface area (Å²) in [5, 5.41) is 5.34. The van der Waals surface area contributed by atoms with Crippen LogP contribution in [0.1, 0.15) is 21.7 Å². The lowest BCUT2D eigenvalue weighted by Gasteiger charge is -2.15. The van der Waals surface area contributed by atoms with Gasteiger partial charge in [-0.05, 0) is 54.7 Å². The van der Waals surface area contributed by atoms with Crippen molar-refractivity contribution in [3.63, 3.8) is 0 Å². The van der Waals surface area contributed by atoms with E-state index in [1.807, 2.05) is 0 Å². The van der Waals surface area contributed by atoms with Crippen molar-refractivity contribution in [3.8, 4) is 11.3 Å². The summed E-state index contributed by atoms with van der Waals surface area (Å²) >= 11 is 17.1. The van der Waals surface area contributed by atoms with Gasteiger partial charge in [-0.15, -0.1) is 0 Å². The summed E-state index contributed by atoms with van der Waals surface area (Å²) < 4.78 is 11.1. The number of nitrogens with one attached hydrogen (secondary N) is 2. The Balaban J connectivity index is 1.54. The van der Waals surface area contributed by atoms with Crippen LogP contribution in [0.5, 0.6) is 0 Å². The van der Waals surface area contributed by atoms with Gasteiger partial charge in [-0.25, -0.2) is 4.79 Å². The molecule has 2 aromatic carbocycles. The number of esters is 1. The van der Waals surface area contributed by atoms with Crippen LogP contribution in [0, 0.1) is 0 Å². The second-order valence-corrected chi connectivity index (χ2v) is 8.08. The molecular formula is C23H14Cl2N2O5S. The third-order valence-corrected chi connectivity index (χ3v) is 5.55. The first-order valence-corrected chi connectivity index (χ1v) is 10.7. The molecule has 2 heterocycles. The van der Waals surface area contributed by atoms with Crippen LogP contribution in [0.2, 0.25) is 10.0 Å². The van der Waals surface area contributed by atoms with E-state index in [1.54, 1.807) is 48.5 Å². The zero-order valence-electron chi connectivity index (χ0n) is 16.7. The largest absolute Gasteiger partial charge is 0.457 e. The van der Waals surface area contributed by atoms with Crippen molar-refractivity contribution in [2.45, 2.75) is 6.61 Å². The first-order valence-electron chi connectivity index (χ1n) is 9.50. The van der Waals surface area contributed by atoms with Gasteiger partial charge in [0.25, 0.3) is 11.8 Å². The fourth-order valence-corrected chi connectivity index (χ4v) is 3.58. The van der Waals surface area contributed by atoms with Crippen LogP contribution in [0.4, 0.5) is 0 Å². The van der Waals surface area contributed by atoms with E-state index in [9.17, 15) is 14.4 Å². The minimum absolute atomic E-state index is 0.00883. The maximum atomic E-state index is 12.6. The summed E-state index contributed by atoms with van der Waals surface area (Å²) in [6.45, 7) is -0.00883. The van der Waals surface area contributed by atoms with Gasteiger partial charge in [-0.1, -0.05) is 41.4 Å². The summed E-state index contributed by atoms with van der Waals surface area (Å²) in [5.74, 6) is -1.22. The summed E-state index contributed by atoms with van der Waals surface area (Å²) in [7, 11) is 0. The quantitative estimate of drug-likeness (QED) is 0.231. The maximum absolute atomic E-state index is 12.6. The van der Waals surface area contributed by atoms with Crippen LogP contribution in [0.15, 0.2) is 64.6 Å². The molecule has 1 aromatic heterocycles. The Hall–Kier alpha value is -3.46. The van der Waals surface area contributed by atoms with Crippen molar-refractivity contribution >= 4 is 64.4 Å². The Bertz CT molecular complexity index is 1310. The number of carbonyl (C=O) groups excluding carboxylic acids is 3. The molecule has 0 unspecified atom stereocenters. The molecular weight excluding hydrogens is 487 g/mol. The van der Waals surface area contributed by atoms with Crippen molar-refractivity contribution < 1.29 is 23.5 Å². The van der Waals surface area contributed by atoms with Gasteiger partial charge in [0, 0.05) is 16.1 Å². The number of benzene rings is 2. The van der Waals surface area contributed by atoms with E-state index in [1.165, 1.54) is 12.1 Å². The van der Waals surface area contributed by atoms with Gasteiger partial charge in [0.15, 0.2) is 5.11 Å². The Morgan fingerprint density at radius 2 is 1.73 bits per heavy atom. The van der Waals surface area contributed by atoms with Crippen LogP contribution >= 0.6 is 35.4 Å². The highest BCUT2D eigenvalue weighted by molar-refractivity contribution is 7.80. The molecule has 0 aliphatic carbocycles. The lowest BCUT2D eigenvalue weighted by atomic mass is 10.1. The number of hydrogen-bond donors (Lipinski definition) is 2. The molecule has 0 bridgehead atoms. The average molecular weight is 501 g/mol. The normalized spacial score (nSPS) is 13.4. The highest BCUT2D eigenvalue weighted by Gasteiger charge is 2.26. The molecule has 7 nitrogen and oxygen atoms in total. The van der Waals surface area contributed by atoms with E-state index < -0.39 is 17.8 Å². The van der Waals surface area contributed by atoms with E-state index in [2.05, 4.69) is 10.6 Å². The molecule has 0 atom stereocenters. The molecule has 1 aliphatic heterocycles. The summed E-state index contributed by atoms with van der Waals surface area (Å²) in [6.07, 6.45) is 1.30. The monoisotopic (exact) mass is 500 g/mol. The zero-order valence-corrected chi connectivity index (χ0v) is 19.0. The van der Waals surface area contributed by atoms with Gasteiger partial charge >= 0.3 is 5.97 Å². The van der Waals surface area contributed by atoms with Gasteiger partial charge in [-0.2, -0.15) is 0 Å². The summed E-state index contributed by atoms with van der Waals surface area (Å²) in [4.78, 5) is 36.6.